The van der Waals surface area contributed by atoms with E-state index in [1.165, 1.54) is 0 Å². The highest BCUT2D eigenvalue weighted by atomic mass is 32.1. The smallest absolute Gasteiger partial charge is 0.350 e. The van der Waals surface area contributed by atoms with Crippen molar-refractivity contribution >= 4 is 34.3 Å². The fourth-order valence-corrected chi connectivity index (χ4v) is 2.71. The van der Waals surface area contributed by atoms with Crippen LogP contribution in [0.2, 0.25) is 0 Å². The predicted molar refractivity (Wildman–Crippen MR) is 87.9 cm³/mol. The van der Waals surface area contributed by atoms with Crippen LogP contribution in [0.3, 0.4) is 0 Å². The normalized spacial score (nSPS) is 10.2. The fourth-order valence-electron chi connectivity index (χ4n) is 1.83. The van der Waals surface area contributed by atoms with Gasteiger partial charge in [0, 0.05) is 6.42 Å². The van der Waals surface area contributed by atoms with Crippen LogP contribution in [-0.4, -0.2) is 27.9 Å². The highest BCUT2D eigenvalue weighted by Crippen LogP contribution is 2.24. The van der Waals surface area contributed by atoms with E-state index in [4.69, 9.17) is 9.84 Å². The van der Waals surface area contributed by atoms with Crippen molar-refractivity contribution in [3.63, 3.8) is 0 Å². The molecule has 2 rings (SSSR count). The first kappa shape index (κ1) is 17.6. The number of nitrogens with one attached hydrogen (secondary N) is 1. The van der Waals surface area contributed by atoms with Gasteiger partial charge in [-0.3, -0.25) is 9.59 Å². The molecular formula is C16H16N2O5S. The van der Waals surface area contributed by atoms with E-state index in [0.29, 0.717) is 10.6 Å². The predicted octanol–water partition coefficient (Wildman–Crippen LogP) is 2.61. The lowest BCUT2D eigenvalue weighted by molar-refractivity contribution is -0.138. The van der Waals surface area contributed by atoms with Crippen LogP contribution in [-0.2, 0) is 20.9 Å². The SMILES string of the molecule is Cc1nc(NC(=O)CCC(=O)O)sc1C(=O)OCc1ccccc1. The molecular weight excluding hydrogens is 332 g/mol. The average Bonchev–Trinajstić information content (AvgIpc) is 2.92. The molecule has 0 saturated heterocycles. The summed E-state index contributed by atoms with van der Waals surface area (Å²) in [6.45, 7) is 1.79. The molecule has 2 N–H and O–H groups in total. The Morgan fingerprint density at radius 3 is 2.58 bits per heavy atom. The van der Waals surface area contributed by atoms with Crippen molar-refractivity contribution in [1.29, 1.82) is 0 Å². The summed E-state index contributed by atoms with van der Waals surface area (Å²) in [6, 6.07) is 9.28. The van der Waals surface area contributed by atoms with E-state index in [1.807, 2.05) is 30.3 Å². The standard InChI is InChI=1S/C16H16N2O5S/c1-10-14(15(22)23-9-11-5-3-2-4-6-11)24-16(17-10)18-12(19)7-8-13(20)21/h2-6H,7-9H2,1H3,(H,20,21)(H,17,18,19). The van der Waals surface area contributed by atoms with Crippen molar-refractivity contribution in [2.75, 3.05) is 5.32 Å². The maximum absolute atomic E-state index is 12.1. The Morgan fingerprint density at radius 1 is 1.21 bits per heavy atom. The van der Waals surface area contributed by atoms with Gasteiger partial charge in [0.2, 0.25) is 5.91 Å². The Morgan fingerprint density at radius 2 is 1.92 bits per heavy atom. The van der Waals surface area contributed by atoms with Crippen molar-refractivity contribution in [3.8, 4) is 0 Å². The van der Waals surface area contributed by atoms with Gasteiger partial charge in [0.05, 0.1) is 12.1 Å². The monoisotopic (exact) mass is 348 g/mol. The minimum Gasteiger partial charge on any atom is -0.481 e. The molecule has 1 amide bonds. The molecule has 24 heavy (non-hydrogen) atoms. The van der Waals surface area contributed by atoms with Crippen molar-refractivity contribution < 1.29 is 24.2 Å². The molecule has 0 unspecified atom stereocenters. The van der Waals surface area contributed by atoms with E-state index in [-0.39, 0.29) is 24.6 Å². The van der Waals surface area contributed by atoms with Crippen LogP contribution in [0.5, 0.6) is 0 Å². The number of ether oxygens (including phenoxy) is 1. The maximum Gasteiger partial charge on any atom is 0.350 e. The van der Waals surface area contributed by atoms with Crippen LogP contribution in [0, 0.1) is 6.92 Å². The second kappa shape index (κ2) is 8.21. The van der Waals surface area contributed by atoms with Crippen molar-refractivity contribution in [3.05, 3.63) is 46.5 Å². The molecule has 0 aliphatic carbocycles. The lowest BCUT2D eigenvalue weighted by Gasteiger charge is -2.03. The zero-order chi connectivity index (χ0) is 17.5. The number of hydrogen-bond donors (Lipinski definition) is 2. The number of rotatable bonds is 7. The quantitative estimate of drug-likeness (QED) is 0.745. The molecule has 2 aromatic rings. The van der Waals surface area contributed by atoms with Crippen LogP contribution in [0.15, 0.2) is 30.3 Å². The third kappa shape index (κ3) is 5.17. The summed E-state index contributed by atoms with van der Waals surface area (Å²) in [5.74, 6) is -2.03. The number of esters is 1. The zero-order valence-electron chi connectivity index (χ0n) is 12.9. The van der Waals surface area contributed by atoms with E-state index in [0.717, 1.165) is 16.9 Å². The number of nitrogens with zero attached hydrogens (tertiary/aromatic N) is 1. The number of anilines is 1. The second-order valence-corrected chi connectivity index (χ2v) is 5.94. The van der Waals surface area contributed by atoms with E-state index >= 15 is 0 Å². The minimum absolute atomic E-state index is 0.150. The third-order valence-electron chi connectivity index (χ3n) is 3.01. The number of benzene rings is 1. The van der Waals surface area contributed by atoms with Gasteiger partial charge in [0.25, 0.3) is 0 Å². The molecule has 7 nitrogen and oxygen atoms in total. The molecule has 0 aliphatic heterocycles. The second-order valence-electron chi connectivity index (χ2n) is 4.94. The summed E-state index contributed by atoms with van der Waals surface area (Å²) >= 11 is 1.00. The van der Waals surface area contributed by atoms with Gasteiger partial charge in [0.1, 0.15) is 11.5 Å². The summed E-state index contributed by atoms with van der Waals surface area (Å²) in [6.07, 6.45) is -0.413. The van der Waals surface area contributed by atoms with Gasteiger partial charge in [-0.2, -0.15) is 0 Å². The minimum atomic E-state index is -1.05. The summed E-state index contributed by atoms with van der Waals surface area (Å²) in [4.78, 5) is 38.5. The largest absolute Gasteiger partial charge is 0.481 e. The molecule has 8 heteroatoms. The van der Waals surface area contributed by atoms with Gasteiger partial charge in [0.15, 0.2) is 5.13 Å². The highest BCUT2D eigenvalue weighted by molar-refractivity contribution is 7.17. The van der Waals surface area contributed by atoms with Crippen molar-refractivity contribution in [2.45, 2.75) is 26.4 Å². The van der Waals surface area contributed by atoms with Gasteiger partial charge in [-0.15, -0.1) is 0 Å². The number of amides is 1. The summed E-state index contributed by atoms with van der Waals surface area (Å²) in [7, 11) is 0. The van der Waals surface area contributed by atoms with Crippen LogP contribution in [0.25, 0.3) is 0 Å². The molecule has 0 aliphatic rings. The number of carboxylic acids is 1. The number of carbonyl (C=O) groups excluding carboxylic acids is 2. The number of carboxylic acid groups (broad SMARTS) is 1. The Balaban J connectivity index is 1.93. The molecule has 0 atom stereocenters. The fraction of sp³-hybridized carbons (Fsp3) is 0.250. The van der Waals surface area contributed by atoms with Gasteiger partial charge in [-0.1, -0.05) is 41.7 Å². The van der Waals surface area contributed by atoms with Gasteiger partial charge in [-0.25, -0.2) is 9.78 Å². The average molecular weight is 348 g/mol. The maximum atomic E-state index is 12.1. The topological polar surface area (TPSA) is 106 Å². The molecule has 1 heterocycles. The van der Waals surface area contributed by atoms with Crippen molar-refractivity contribution in [1.82, 2.24) is 4.98 Å². The molecule has 0 bridgehead atoms. The van der Waals surface area contributed by atoms with Crippen LogP contribution in [0.1, 0.15) is 33.8 Å². The number of hydrogen-bond acceptors (Lipinski definition) is 6. The van der Waals surface area contributed by atoms with E-state index in [1.54, 1.807) is 6.92 Å². The van der Waals surface area contributed by atoms with Crippen LogP contribution in [0.4, 0.5) is 5.13 Å². The molecule has 1 aromatic carbocycles. The van der Waals surface area contributed by atoms with Crippen LogP contribution >= 0.6 is 11.3 Å². The lowest BCUT2D eigenvalue weighted by atomic mass is 10.2. The summed E-state index contributed by atoms with van der Waals surface area (Å²) in [5.41, 5.74) is 1.32. The number of carbonyl (C=O) groups is 3. The Labute approximate surface area is 142 Å². The van der Waals surface area contributed by atoms with Gasteiger partial charge >= 0.3 is 11.9 Å². The first-order valence-corrected chi connectivity index (χ1v) is 7.97. The van der Waals surface area contributed by atoms with Gasteiger partial charge in [-0.05, 0) is 12.5 Å². The highest BCUT2D eigenvalue weighted by Gasteiger charge is 2.18. The molecule has 0 fully saturated rings. The molecule has 1 aromatic heterocycles. The van der Waals surface area contributed by atoms with E-state index < -0.39 is 17.8 Å². The number of aryl methyl sites for hydroxylation is 1. The zero-order valence-corrected chi connectivity index (χ0v) is 13.8. The van der Waals surface area contributed by atoms with Crippen LogP contribution < -0.4 is 5.32 Å². The van der Waals surface area contributed by atoms with Crippen molar-refractivity contribution in [2.24, 2.45) is 0 Å². The number of aromatic nitrogens is 1. The van der Waals surface area contributed by atoms with E-state index in [9.17, 15) is 14.4 Å². The Bertz CT molecular complexity index is 742. The summed E-state index contributed by atoms with van der Waals surface area (Å²) < 4.78 is 5.23. The molecule has 0 radical (unpaired) electrons. The molecule has 126 valence electrons. The molecule has 0 spiro atoms. The number of aliphatic carboxylic acids is 1. The number of thiazole rings is 1. The van der Waals surface area contributed by atoms with Gasteiger partial charge < -0.3 is 15.2 Å². The first-order chi connectivity index (χ1) is 11.5. The third-order valence-corrected chi connectivity index (χ3v) is 4.06. The Hall–Kier alpha value is -2.74. The molecule has 0 saturated carbocycles. The Kier molecular flexibility index (Phi) is 6.02. The first-order valence-electron chi connectivity index (χ1n) is 7.16. The summed E-state index contributed by atoms with van der Waals surface area (Å²) in [5, 5.41) is 11.3. The van der Waals surface area contributed by atoms with E-state index in [2.05, 4.69) is 10.3 Å². The lowest BCUT2D eigenvalue weighted by Crippen LogP contribution is -2.12.